The van der Waals surface area contributed by atoms with E-state index in [0.717, 1.165) is 19.4 Å². The van der Waals surface area contributed by atoms with Crippen LogP contribution in [0.1, 0.15) is 39.3 Å². The van der Waals surface area contributed by atoms with Crippen molar-refractivity contribution in [1.29, 1.82) is 0 Å². The second kappa shape index (κ2) is 10.5. The largest absolute Gasteiger partial charge is 0.490 e. The van der Waals surface area contributed by atoms with Crippen molar-refractivity contribution in [3.63, 3.8) is 0 Å². The first-order valence-electron chi connectivity index (χ1n) is 10.3. The molecule has 0 aliphatic carbocycles. The van der Waals surface area contributed by atoms with Crippen LogP contribution in [-0.4, -0.2) is 31.1 Å². The standard InChI is InChI=1S/C24H23BrN2O5/c25-21-13-17(7-10-22(21)32-15-20-4-2-12-31-20)24(29)27-18-8-5-16(6-9-18)23(28)26-14-19-3-1-11-30-19/h1,3,5-11,13,20H,2,4,12,14-15H2,(H,26,28)(H,27,29). The summed E-state index contributed by atoms with van der Waals surface area (Å²) in [6.45, 7) is 1.59. The van der Waals surface area contributed by atoms with Gasteiger partial charge in [-0.2, -0.15) is 0 Å². The van der Waals surface area contributed by atoms with Crippen molar-refractivity contribution in [3.8, 4) is 5.75 Å². The van der Waals surface area contributed by atoms with Crippen LogP contribution in [0.4, 0.5) is 5.69 Å². The third kappa shape index (κ3) is 5.77. The van der Waals surface area contributed by atoms with Gasteiger partial charge in [-0.25, -0.2) is 0 Å². The monoisotopic (exact) mass is 498 g/mol. The zero-order chi connectivity index (χ0) is 22.3. The van der Waals surface area contributed by atoms with Crippen molar-refractivity contribution >= 4 is 33.4 Å². The molecule has 166 valence electrons. The van der Waals surface area contributed by atoms with Gasteiger partial charge in [0.1, 0.15) is 18.1 Å². The quantitative estimate of drug-likeness (QED) is 0.466. The Morgan fingerprint density at radius 1 is 1.06 bits per heavy atom. The number of benzene rings is 2. The molecule has 1 aliphatic heterocycles. The first-order chi connectivity index (χ1) is 15.6. The number of hydrogen-bond donors (Lipinski definition) is 2. The van der Waals surface area contributed by atoms with Crippen molar-refractivity contribution in [2.45, 2.75) is 25.5 Å². The summed E-state index contributed by atoms with van der Waals surface area (Å²) in [6, 6.07) is 15.4. The Labute approximate surface area is 194 Å². The Bertz CT molecular complexity index is 1060. The van der Waals surface area contributed by atoms with Gasteiger partial charge in [0.15, 0.2) is 0 Å². The molecule has 1 aromatic heterocycles. The molecule has 1 saturated heterocycles. The van der Waals surface area contributed by atoms with Gasteiger partial charge in [0.05, 0.1) is 23.4 Å². The zero-order valence-electron chi connectivity index (χ0n) is 17.3. The minimum atomic E-state index is -0.258. The molecule has 1 atom stereocenters. The van der Waals surface area contributed by atoms with Crippen LogP contribution in [0.5, 0.6) is 5.75 Å². The van der Waals surface area contributed by atoms with Crippen LogP contribution in [0.2, 0.25) is 0 Å². The van der Waals surface area contributed by atoms with Crippen molar-refractivity contribution in [1.82, 2.24) is 5.32 Å². The van der Waals surface area contributed by atoms with Crippen LogP contribution in [0.25, 0.3) is 0 Å². The minimum Gasteiger partial charge on any atom is -0.490 e. The van der Waals surface area contributed by atoms with E-state index < -0.39 is 0 Å². The number of furan rings is 1. The second-order valence-corrected chi connectivity index (χ2v) is 8.24. The third-order valence-electron chi connectivity index (χ3n) is 5.05. The maximum atomic E-state index is 12.6. The molecule has 2 N–H and O–H groups in total. The molecule has 32 heavy (non-hydrogen) atoms. The number of ether oxygens (including phenoxy) is 2. The van der Waals surface area contributed by atoms with Crippen LogP contribution in [-0.2, 0) is 11.3 Å². The fraction of sp³-hybridized carbons (Fsp3) is 0.250. The van der Waals surface area contributed by atoms with Gasteiger partial charge in [0, 0.05) is 23.4 Å². The van der Waals surface area contributed by atoms with E-state index in [1.807, 2.05) is 0 Å². The van der Waals surface area contributed by atoms with Gasteiger partial charge in [-0.05, 0) is 83.4 Å². The van der Waals surface area contributed by atoms with E-state index in [1.165, 1.54) is 0 Å². The van der Waals surface area contributed by atoms with E-state index in [1.54, 1.807) is 60.9 Å². The first kappa shape index (κ1) is 22.1. The predicted molar refractivity (Wildman–Crippen MR) is 123 cm³/mol. The average Bonchev–Trinajstić information content (AvgIpc) is 3.51. The number of carbonyl (C=O) groups excluding carboxylic acids is 2. The molecule has 0 saturated carbocycles. The molecule has 8 heteroatoms. The number of rotatable bonds is 8. The Kier molecular flexibility index (Phi) is 7.24. The highest BCUT2D eigenvalue weighted by Gasteiger charge is 2.17. The molecule has 1 aliphatic rings. The molecule has 2 heterocycles. The van der Waals surface area contributed by atoms with Crippen molar-refractivity contribution < 1.29 is 23.5 Å². The molecular weight excluding hydrogens is 476 g/mol. The summed E-state index contributed by atoms with van der Waals surface area (Å²) in [4.78, 5) is 24.9. The molecular formula is C24H23BrN2O5. The minimum absolute atomic E-state index is 0.125. The van der Waals surface area contributed by atoms with Crippen LogP contribution in [0.15, 0.2) is 69.8 Å². The smallest absolute Gasteiger partial charge is 0.255 e. The van der Waals surface area contributed by atoms with Crippen molar-refractivity contribution in [3.05, 3.63) is 82.2 Å². The number of hydrogen-bond acceptors (Lipinski definition) is 5. The lowest BCUT2D eigenvalue weighted by Crippen LogP contribution is -2.22. The lowest BCUT2D eigenvalue weighted by molar-refractivity contribution is 0.0677. The molecule has 0 bridgehead atoms. The molecule has 3 aromatic rings. The average molecular weight is 499 g/mol. The highest BCUT2D eigenvalue weighted by molar-refractivity contribution is 9.10. The van der Waals surface area contributed by atoms with E-state index in [0.29, 0.717) is 45.9 Å². The van der Waals surface area contributed by atoms with Crippen LogP contribution in [0.3, 0.4) is 0 Å². The topological polar surface area (TPSA) is 89.8 Å². The molecule has 1 fully saturated rings. The zero-order valence-corrected chi connectivity index (χ0v) is 18.9. The van der Waals surface area contributed by atoms with Crippen LogP contribution < -0.4 is 15.4 Å². The Morgan fingerprint density at radius 3 is 2.56 bits per heavy atom. The van der Waals surface area contributed by atoms with Crippen molar-refractivity contribution in [2.24, 2.45) is 0 Å². The van der Waals surface area contributed by atoms with Gasteiger partial charge in [0.25, 0.3) is 11.8 Å². The Hall–Kier alpha value is -3.10. The van der Waals surface area contributed by atoms with Gasteiger partial charge in [-0.3, -0.25) is 9.59 Å². The lowest BCUT2D eigenvalue weighted by Gasteiger charge is -2.13. The summed E-state index contributed by atoms with van der Waals surface area (Å²) in [5, 5.41) is 5.62. The van der Waals surface area contributed by atoms with E-state index in [9.17, 15) is 9.59 Å². The lowest BCUT2D eigenvalue weighted by atomic mass is 10.1. The van der Waals surface area contributed by atoms with Gasteiger partial charge in [-0.1, -0.05) is 0 Å². The fourth-order valence-electron chi connectivity index (χ4n) is 3.31. The van der Waals surface area contributed by atoms with E-state index >= 15 is 0 Å². The summed E-state index contributed by atoms with van der Waals surface area (Å²) >= 11 is 3.47. The fourth-order valence-corrected chi connectivity index (χ4v) is 3.80. The molecule has 0 spiro atoms. The SMILES string of the molecule is O=C(NCc1ccco1)c1ccc(NC(=O)c2ccc(OCC3CCCO3)c(Br)c2)cc1. The first-order valence-corrected chi connectivity index (χ1v) is 11.1. The number of halogens is 1. The predicted octanol–water partition coefficient (Wildman–Crippen LogP) is 4.78. The van der Waals surface area contributed by atoms with Crippen LogP contribution in [0, 0.1) is 0 Å². The Morgan fingerprint density at radius 2 is 1.88 bits per heavy atom. The summed E-state index contributed by atoms with van der Waals surface area (Å²) in [6.07, 6.45) is 3.75. The number of anilines is 1. The Balaban J connectivity index is 1.30. The van der Waals surface area contributed by atoms with Gasteiger partial charge < -0.3 is 24.5 Å². The second-order valence-electron chi connectivity index (χ2n) is 7.38. The molecule has 2 aromatic carbocycles. The third-order valence-corrected chi connectivity index (χ3v) is 5.67. The van der Waals surface area contributed by atoms with Gasteiger partial charge >= 0.3 is 0 Å². The maximum absolute atomic E-state index is 12.6. The summed E-state index contributed by atoms with van der Waals surface area (Å²) in [5.41, 5.74) is 1.57. The number of carbonyl (C=O) groups is 2. The van der Waals surface area contributed by atoms with E-state index in [2.05, 4.69) is 26.6 Å². The van der Waals surface area contributed by atoms with E-state index in [-0.39, 0.29) is 17.9 Å². The molecule has 7 nitrogen and oxygen atoms in total. The number of amides is 2. The summed E-state index contributed by atoms with van der Waals surface area (Å²) < 4.78 is 17.3. The van der Waals surface area contributed by atoms with Gasteiger partial charge in [-0.15, -0.1) is 0 Å². The molecule has 2 amide bonds. The van der Waals surface area contributed by atoms with E-state index in [4.69, 9.17) is 13.9 Å². The highest BCUT2D eigenvalue weighted by Crippen LogP contribution is 2.27. The number of nitrogens with one attached hydrogen (secondary N) is 2. The highest BCUT2D eigenvalue weighted by atomic mass is 79.9. The van der Waals surface area contributed by atoms with Gasteiger partial charge in [0.2, 0.25) is 0 Å². The van der Waals surface area contributed by atoms with Crippen LogP contribution >= 0.6 is 15.9 Å². The molecule has 0 radical (unpaired) electrons. The normalized spacial score (nSPS) is 15.3. The molecule has 4 rings (SSSR count). The van der Waals surface area contributed by atoms with Crippen molar-refractivity contribution in [2.75, 3.05) is 18.5 Å². The summed E-state index contributed by atoms with van der Waals surface area (Å²) in [7, 11) is 0. The maximum Gasteiger partial charge on any atom is 0.255 e. The summed E-state index contributed by atoms with van der Waals surface area (Å²) in [5.74, 6) is 0.867. The molecule has 1 unspecified atom stereocenters.